The van der Waals surface area contributed by atoms with Gasteiger partial charge in [0.05, 0.1) is 54.7 Å². The van der Waals surface area contributed by atoms with Gasteiger partial charge < -0.3 is 29.8 Å². The van der Waals surface area contributed by atoms with Gasteiger partial charge in [-0.1, -0.05) is 31.2 Å². The molecule has 0 radical (unpaired) electrons. The summed E-state index contributed by atoms with van der Waals surface area (Å²) in [6.07, 6.45) is 1.76. The van der Waals surface area contributed by atoms with E-state index < -0.39 is 0 Å². The van der Waals surface area contributed by atoms with Crippen molar-refractivity contribution < 1.29 is 9.59 Å². The third kappa shape index (κ3) is 6.21. The fraction of sp³-hybridized carbons (Fsp3) is 0.477. The lowest BCUT2D eigenvalue weighted by molar-refractivity contribution is 0.0742. The number of carbonyl (C=O) groups excluding carboxylic acids is 2. The zero-order valence-electron chi connectivity index (χ0n) is 34.4. The van der Waals surface area contributed by atoms with Crippen LogP contribution in [0, 0.1) is 19.8 Å². The van der Waals surface area contributed by atoms with Gasteiger partial charge in [0.25, 0.3) is 11.8 Å². The normalized spacial score (nSPS) is 20.6. The maximum Gasteiger partial charge on any atom is 0.256 e. The summed E-state index contributed by atoms with van der Waals surface area (Å²) in [6.45, 7) is 17.5. The van der Waals surface area contributed by atoms with Gasteiger partial charge in [0.2, 0.25) is 0 Å². The summed E-state index contributed by atoms with van der Waals surface area (Å²) in [5.41, 5.74) is 11.7. The van der Waals surface area contributed by atoms with Crippen LogP contribution >= 0.6 is 0 Å². The number of amides is 2. The number of nitrogens with zero attached hydrogens (tertiary/aromatic N) is 10. The molecule has 0 bridgehead atoms. The first-order valence-corrected chi connectivity index (χ1v) is 20.7. The van der Waals surface area contributed by atoms with E-state index in [-0.39, 0.29) is 23.9 Å². The lowest BCUT2D eigenvalue weighted by Crippen LogP contribution is -2.47. The molecule has 3 aromatic heterocycles. The summed E-state index contributed by atoms with van der Waals surface area (Å²) in [4.78, 5) is 44.0. The molecule has 1 fully saturated rings. The van der Waals surface area contributed by atoms with Crippen LogP contribution in [0.3, 0.4) is 0 Å². The lowest BCUT2D eigenvalue weighted by atomic mass is 9.87. The molecular weight excluding hydrogens is 715 g/mol. The molecule has 4 aliphatic heterocycles. The van der Waals surface area contributed by atoms with Crippen LogP contribution < -0.4 is 15.1 Å². The highest BCUT2D eigenvalue weighted by Crippen LogP contribution is 2.43. The topological polar surface area (TPSA) is 110 Å². The summed E-state index contributed by atoms with van der Waals surface area (Å²) in [6, 6.07) is 16.3. The van der Waals surface area contributed by atoms with E-state index in [1.54, 1.807) is 0 Å². The van der Waals surface area contributed by atoms with E-state index in [2.05, 4.69) is 77.1 Å². The van der Waals surface area contributed by atoms with Crippen molar-refractivity contribution in [3.05, 3.63) is 99.1 Å². The second kappa shape index (κ2) is 14.5. The smallest absolute Gasteiger partial charge is 0.256 e. The summed E-state index contributed by atoms with van der Waals surface area (Å²) in [7, 11) is 4.35. The van der Waals surface area contributed by atoms with Gasteiger partial charge in [-0.25, -0.2) is 14.2 Å². The summed E-state index contributed by atoms with van der Waals surface area (Å²) >= 11 is 0. The monoisotopic (exact) mass is 769 g/mol. The standard InChI is InChI=1S/C44H55N11O2/c1-8-45-35-15-11-9-13-31(35)43(56)53-24-34-37(26-53)47-54-30(5)28(3)38(50(7)42(34)54)17-18-39-27(2)29(4)46-41-33-23-52(25-36(33)48-55(39)41)44(57)32-14-10-12-16-40(32)51-21-19-49(6)20-22-51/h9-16,28,30,38,45H,8,17-26H2,1-7H3. The molecule has 2 amide bonds. The van der Waals surface area contributed by atoms with Gasteiger partial charge in [0, 0.05) is 79.7 Å². The zero-order valence-corrected chi connectivity index (χ0v) is 34.4. The summed E-state index contributed by atoms with van der Waals surface area (Å²) in [5.74, 6) is 1.55. The Bertz CT molecular complexity index is 2370. The molecule has 13 nitrogen and oxygen atoms in total. The number of para-hydroxylation sites is 2. The van der Waals surface area contributed by atoms with Crippen molar-refractivity contribution in [3.8, 4) is 0 Å². The van der Waals surface area contributed by atoms with Crippen molar-refractivity contribution in [2.75, 3.05) is 61.9 Å². The molecule has 3 unspecified atom stereocenters. The fourth-order valence-electron chi connectivity index (χ4n) is 9.70. The van der Waals surface area contributed by atoms with Crippen molar-refractivity contribution in [1.29, 1.82) is 0 Å². The highest BCUT2D eigenvalue weighted by molar-refractivity contribution is 6.01. The van der Waals surface area contributed by atoms with E-state index in [1.165, 1.54) is 5.69 Å². The Morgan fingerprint density at radius 1 is 0.807 bits per heavy atom. The number of rotatable bonds is 8. The predicted molar refractivity (Wildman–Crippen MR) is 223 cm³/mol. The van der Waals surface area contributed by atoms with Crippen LogP contribution in [0.2, 0.25) is 0 Å². The lowest BCUT2D eigenvalue weighted by Gasteiger charge is -2.43. The second-order valence-corrected chi connectivity index (χ2v) is 16.6. The van der Waals surface area contributed by atoms with Crippen molar-refractivity contribution in [3.63, 3.8) is 0 Å². The zero-order chi connectivity index (χ0) is 39.7. The van der Waals surface area contributed by atoms with Gasteiger partial charge >= 0.3 is 0 Å². The van der Waals surface area contributed by atoms with Crippen molar-refractivity contribution in [2.24, 2.45) is 5.92 Å². The van der Waals surface area contributed by atoms with E-state index in [9.17, 15) is 9.59 Å². The SMILES string of the molecule is CCNc1ccccc1C(=O)N1Cc2nn3c(c2C1)N(C)C(CCc1c(C)c(C)nc2c4c(nn12)CN(C(=O)c1ccccc1N1CCN(C)CC1)C4)C(C)C3C. The fourth-order valence-corrected chi connectivity index (χ4v) is 9.70. The molecule has 298 valence electrons. The first kappa shape index (κ1) is 37.2. The molecule has 0 aliphatic carbocycles. The number of aryl methyl sites for hydroxylation is 2. The van der Waals surface area contributed by atoms with Crippen molar-refractivity contribution in [2.45, 2.75) is 85.7 Å². The quantitative estimate of drug-likeness (QED) is 0.213. The molecular formula is C44H55N11O2. The molecule has 13 heteroatoms. The highest BCUT2D eigenvalue weighted by Gasteiger charge is 2.42. The van der Waals surface area contributed by atoms with Crippen molar-refractivity contribution in [1.82, 2.24) is 39.1 Å². The van der Waals surface area contributed by atoms with E-state index in [4.69, 9.17) is 15.2 Å². The van der Waals surface area contributed by atoms with Crippen LogP contribution in [-0.2, 0) is 32.6 Å². The van der Waals surface area contributed by atoms with Crippen LogP contribution in [0.1, 0.15) is 93.4 Å². The maximum absolute atomic E-state index is 14.1. The molecule has 2 aromatic carbocycles. The highest BCUT2D eigenvalue weighted by atomic mass is 16.2. The minimum atomic E-state index is 0.0290. The molecule has 1 N–H and O–H groups in total. The van der Waals surface area contributed by atoms with Gasteiger partial charge in [-0.3, -0.25) is 9.59 Å². The van der Waals surface area contributed by atoms with Crippen LogP contribution in [0.5, 0.6) is 0 Å². The van der Waals surface area contributed by atoms with E-state index >= 15 is 0 Å². The minimum Gasteiger partial charge on any atom is -0.385 e. The van der Waals surface area contributed by atoms with Gasteiger partial charge in [-0.15, -0.1) is 0 Å². The minimum absolute atomic E-state index is 0.0290. The number of piperazine rings is 1. The number of aromatic nitrogens is 5. The summed E-state index contributed by atoms with van der Waals surface area (Å²) < 4.78 is 4.27. The van der Waals surface area contributed by atoms with Gasteiger partial charge in [0.1, 0.15) is 5.82 Å². The Hall–Kier alpha value is -5.43. The number of fused-ring (bicyclic) bond motifs is 6. The van der Waals surface area contributed by atoms with E-state index in [0.29, 0.717) is 37.7 Å². The van der Waals surface area contributed by atoms with Crippen LogP contribution in [0.4, 0.5) is 17.2 Å². The van der Waals surface area contributed by atoms with Gasteiger partial charge in [-0.2, -0.15) is 10.2 Å². The summed E-state index contributed by atoms with van der Waals surface area (Å²) in [5, 5.41) is 13.6. The van der Waals surface area contributed by atoms with E-state index in [1.807, 2.05) is 59.2 Å². The molecule has 0 saturated carbocycles. The van der Waals surface area contributed by atoms with Crippen LogP contribution in [0.25, 0.3) is 5.65 Å². The predicted octanol–water partition coefficient (Wildman–Crippen LogP) is 5.69. The Balaban J connectivity index is 0.937. The Labute approximate surface area is 335 Å². The number of nitrogens with one attached hydrogen (secondary N) is 1. The first-order valence-electron chi connectivity index (χ1n) is 20.7. The number of carbonyl (C=O) groups is 2. The van der Waals surface area contributed by atoms with E-state index in [0.717, 1.165) is 108 Å². The van der Waals surface area contributed by atoms with Crippen LogP contribution in [0.15, 0.2) is 48.5 Å². The van der Waals surface area contributed by atoms with Gasteiger partial charge in [-0.05, 0) is 83.3 Å². The molecule has 57 heavy (non-hydrogen) atoms. The number of benzene rings is 2. The average molecular weight is 770 g/mol. The van der Waals surface area contributed by atoms with Gasteiger partial charge in [0.15, 0.2) is 5.65 Å². The van der Waals surface area contributed by atoms with Crippen LogP contribution in [-0.4, -0.2) is 104 Å². The largest absolute Gasteiger partial charge is 0.385 e. The maximum atomic E-state index is 14.1. The number of anilines is 3. The first-order chi connectivity index (χ1) is 27.5. The molecule has 5 aromatic rings. The number of hydrogen-bond donors (Lipinski definition) is 1. The number of hydrogen-bond acceptors (Lipinski definition) is 9. The third-order valence-electron chi connectivity index (χ3n) is 13.3. The Morgan fingerprint density at radius 3 is 2.19 bits per heavy atom. The Kier molecular flexibility index (Phi) is 9.45. The molecule has 3 atom stereocenters. The molecule has 9 rings (SSSR count). The molecule has 1 saturated heterocycles. The molecule has 7 heterocycles. The molecule has 0 spiro atoms. The third-order valence-corrected chi connectivity index (χ3v) is 13.3. The average Bonchev–Trinajstić information content (AvgIpc) is 3.99. The van der Waals surface area contributed by atoms with Crippen molar-refractivity contribution >= 4 is 34.7 Å². The second-order valence-electron chi connectivity index (χ2n) is 16.6. The Morgan fingerprint density at radius 2 is 1.46 bits per heavy atom. The number of likely N-dealkylation sites (N-methyl/N-ethyl adjacent to an activating group) is 1. The molecule has 4 aliphatic rings.